The molecule has 0 spiro atoms. The lowest BCUT2D eigenvalue weighted by atomic mass is 10.2. The molecule has 0 saturated heterocycles. The molecule has 22 heavy (non-hydrogen) atoms. The lowest BCUT2D eigenvalue weighted by Crippen LogP contribution is -2.30. The summed E-state index contributed by atoms with van der Waals surface area (Å²) >= 11 is 0. The largest absolute Gasteiger partial charge is 0.367 e. The molecule has 0 fully saturated rings. The van der Waals surface area contributed by atoms with Crippen LogP contribution in [0.25, 0.3) is 0 Å². The zero-order valence-corrected chi connectivity index (χ0v) is 12.7. The van der Waals surface area contributed by atoms with Gasteiger partial charge in [-0.15, -0.1) is 6.58 Å². The predicted molar refractivity (Wildman–Crippen MR) is 91.8 cm³/mol. The Morgan fingerprint density at radius 2 is 1.68 bits per heavy atom. The topological polar surface area (TPSA) is 32.3 Å². The van der Waals surface area contributed by atoms with Crippen LogP contribution in [0.2, 0.25) is 0 Å². The third-order valence-electron chi connectivity index (χ3n) is 3.39. The summed E-state index contributed by atoms with van der Waals surface area (Å²) in [5.74, 6) is 0.0499. The lowest BCUT2D eigenvalue weighted by Gasteiger charge is -2.25. The molecule has 3 nitrogen and oxygen atoms in total. The molecule has 0 unspecified atom stereocenters. The maximum Gasteiger partial charge on any atom is 0.222 e. The number of rotatable bonds is 8. The molecule has 0 radical (unpaired) electrons. The van der Waals surface area contributed by atoms with Crippen molar-refractivity contribution in [1.82, 2.24) is 5.32 Å². The van der Waals surface area contributed by atoms with E-state index in [1.165, 1.54) is 5.56 Å². The van der Waals surface area contributed by atoms with E-state index in [2.05, 4.69) is 41.1 Å². The number of benzene rings is 2. The first-order chi connectivity index (χ1) is 10.8. The Kier molecular flexibility index (Phi) is 6.24. The number of amides is 1. The Hall–Kier alpha value is -2.55. The zero-order valence-electron chi connectivity index (χ0n) is 12.7. The highest BCUT2D eigenvalue weighted by molar-refractivity contribution is 5.76. The van der Waals surface area contributed by atoms with Crippen molar-refractivity contribution in [3.8, 4) is 0 Å². The van der Waals surface area contributed by atoms with Crippen LogP contribution in [0.4, 0.5) is 5.69 Å². The van der Waals surface area contributed by atoms with E-state index in [1.807, 2.05) is 36.4 Å². The fraction of sp³-hybridized carbons (Fsp3) is 0.211. The van der Waals surface area contributed by atoms with Gasteiger partial charge in [-0.25, -0.2) is 0 Å². The molecule has 2 aromatic carbocycles. The van der Waals surface area contributed by atoms with Crippen molar-refractivity contribution in [1.29, 1.82) is 0 Å². The Bertz CT molecular complexity index is 581. The number of nitrogens with zero attached hydrogens (tertiary/aromatic N) is 1. The maximum atomic E-state index is 11.8. The minimum atomic E-state index is 0.0499. The summed E-state index contributed by atoms with van der Waals surface area (Å²) in [6.07, 6.45) is 2.16. The van der Waals surface area contributed by atoms with E-state index in [4.69, 9.17) is 0 Å². The average Bonchev–Trinajstić information content (AvgIpc) is 2.58. The fourth-order valence-corrected chi connectivity index (χ4v) is 2.25. The number of hydrogen-bond donors (Lipinski definition) is 1. The van der Waals surface area contributed by atoms with Gasteiger partial charge in [0.1, 0.15) is 0 Å². The molecule has 0 aliphatic carbocycles. The summed E-state index contributed by atoms with van der Waals surface area (Å²) in [7, 11) is 0. The van der Waals surface area contributed by atoms with Crippen molar-refractivity contribution in [3.63, 3.8) is 0 Å². The first-order valence-corrected chi connectivity index (χ1v) is 7.51. The highest BCUT2D eigenvalue weighted by Crippen LogP contribution is 2.17. The third-order valence-corrected chi connectivity index (χ3v) is 3.39. The standard InChI is InChI=1S/C19H22N2O/c1-2-14-20-19(22)13-15-21(18-11-7-4-8-12-18)16-17-9-5-3-6-10-17/h2-12H,1,13-16H2,(H,20,22). The minimum Gasteiger partial charge on any atom is -0.367 e. The molecule has 0 aliphatic rings. The molecular weight excluding hydrogens is 272 g/mol. The number of carbonyl (C=O) groups excluding carboxylic acids is 1. The van der Waals surface area contributed by atoms with E-state index in [0.29, 0.717) is 19.5 Å². The summed E-state index contributed by atoms with van der Waals surface area (Å²) in [5, 5.41) is 2.82. The Morgan fingerprint density at radius 3 is 2.32 bits per heavy atom. The van der Waals surface area contributed by atoms with E-state index >= 15 is 0 Å². The van der Waals surface area contributed by atoms with Crippen molar-refractivity contribution < 1.29 is 4.79 Å². The molecule has 0 bridgehead atoms. The van der Waals surface area contributed by atoms with E-state index in [1.54, 1.807) is 6.08 Å². The Labute approximate surface area is 132 Å². The van der Waals surface area contributed by atoms with Crippen molar-refractivity contribution >= 4 is 11.6 Å². The van der Waals surface area contributed by atoms with Crippen molar-refractivity contribution in [3.05, 3.63) is 78.9 Å². The highest BCUT2D eigenvalue weighted by Gasteiger charge is 2.09. The number of anilines is 1. The smallest absolute Gasteiger partial charge is 0.222 e. The van der Waals surface area contributed by atoms with Gasteiger partial charge in [-0.05, 0) is 17.7 Å². The zero-order chi connectivity index (χ0) is 15.6. The predicted octanol–water partition coefficient (Wildman–Crippen LogP) is 3.39. The van der Waals surface area contributed by atoms with Crippen LogP contribution in [0.3, 0.4) is 0 Å². The SMILES string of the molecule is C=CCNC(=O)CCN(Cc1ccccc1)c1ccccc1. The van der Waals surface area contributed by atoms with E-state index in [-0.39, 0.29) is 5.91 Å². The average molecular weight is 294 g/mol. The van der Waals surface area contributed by atoms with E-state index in [9.17, 15) is 4.79 Å². The first kappa shape index (κ1) is 15.8. The van der Waals surface area contributed by atoms with Crippen LogP contribution in [-0.2, 0) is 11.3 Å². The van der Waals surface area contributed by atoms with Gasteiger partial charge in [0.15, 0.2) is 0 Å². The van der Waals surface area contributed by atoms with Gasteiger partial charge >= 0.3 is 0 Å². The van der Waals surface area contributed by atoms with E-state index < -0.39 is 0 Å². The summed E-state index contributed by atoms with van der Waals surface area (Å²) in [4.78, 5) is 14.0. The van der Waals surface area contributed by atoms with Crippen LogP contribution in [0.1, 0.15) is 12.0 Å². The minimum absolute atomic E-state index is 0.0499. The number of carbonyl (C=O) groups is 1. The monoisotopic (exact) mass is 294 g/mol. The number of para-hydroxylation sites is 1. The van der Waals surface area contributed by atoms with Gasteiger partial charge in [-0.2, -0.15) is 0 Å². The molecule has 0 aromatic heterocycles. The molecule has 2 rings (SSSR count). The molecule has 0 saturated carbocycles. The highest BCUT2D eigenvalue weighted by atomic mass is 16.1. The summed E-state index contributed by atoms with van der Waals surface area (Å²) in [5.41, 5.74) is 2.36. The van der Waals surface area contributed by atoms with Crippen molar-refractivity contribution in [2.75, 3.05) is 18.0 Å². The second-order valence-corrected chi connectivity index (χ2v) is 5.09. The van der Waals surface area contributed by atoms with Crippen LogP contribution in [0.5, 0.6) is 0 Å². The number of hydrogen-bond acceptors (Lipinski definition) is 2. The van der Waals surface area contributed by atoms with Crippen LogP contribution in [0.15, 0.2) is 73.3 Å². The molecular formula is C19H22N2O. The van der Waals surface area contributed by atoms with E-state index in [0.717, 1.165) is 12.2 Å². The summed E-state index contributed by atoms with van der Waals surface area (Å²) in [6.45, 7) is 5.60. The Morgan fingerprint density at radius 1 is 1.05 bits per heavy atom. The normalized spacial score (nSPS) is 10.0. The Balaban J connectivity index is 2.02. The maximum absolute atomic E-state index is 11.8. The summed E-state index contributed by atoms with van der Waals surface area (Å²) in [6, 6.07) is 20.5. The molecule has 114 valence electrons. The molecule has 3 heteroatoms. The van der Waals surface area contributed by atoms with Crippen molar-refractivity contribution in [2.45, 2.75) is 13.0 Å². The third kappa shape index (κ3) is 5.09. The lowest BCUT2D eigenvalue weighted by molar-refractivity contribution is -0.120. The van der Waals surface area contributed by atoms with Crippen molar-refractivity contribution in [2.24, 2.45) is 0 Å². The van der Waals surface area contributed by atoms with Crippen LogP contribution in [-0.4, -0.2) is 19.0 Å². The molecule has 0 aliphatic heterocycles. The second kappa shape index (κ2) is 8.67. The molecule has 1 amide bonds. The van der Waals surface area contributed by atoms with Gasteiger partial charge < -0.3 is 10.2 Å². The van der Waals surface area contributed by atoms with Crippen LogP contribution < -0.4 is 10.2 Å². The summed E-state index contributed by atoms with van der Waals surface area (Å²) < 4.78 is 0. The molecule has 1 N–H and O–H groups in total. The fourth-order valence-electron chi connectivity index (χ4n) is 2.25. The quantitative estimate of drug-likeness (QED) is 0.757. The van der Waals surface area contributed by atoms with Gasteiger partial charge in [0.2, 0.25) is 5.91 Å². The van der Waals surface area contributed by atoms with Crippen LogP contribution in [0, 0.1) is 0 Å². The molecule has 0 heterocycles. The molecule has 2 aromatic rings. The van der Waals surface area contributed by atoms with Gasteiger partial charge in [0.25, 0.3) is 0 Å². The van der Waals surface area contributed by atoms with Gasteiger partial charge in [0.05, 0.1) is 0 Å². The van der Waals surface area contributed by atoms with Crippen LogP contribution >= 0.6 is 0 Å². The van der Waals surface area contributed by atoms with Gasteiger partial charge in [0, 0.05) is 31.7 Å². The second-order valence-electron chi connectivity index (χ2n) is 5.09. The first-order valence-electron chi connectivity index (χ1n) is 7.51. The van der Waals surface area contributed by atoms with Gasteiger partial charge in [-0.1, -0.05) is 54.6 Å². The molecule has 0 atom stereocenters. The van der Waals surface area contributed by atoms with Gasteiger partial charge in [-0.3, -0.25) is 4.79 Å². The number of nitrogens with one attached hydrogen (secondary N) is 1.